The molecule has 3 N–H and O–H groups in total. The normalized spacial score (nSPS) is 11.5. The first kappa shape index (κ1) is 14.8. The standard InChI is InChI=1S/C11H10BrClN2O2S2/c12-10-5-8(18-11(10)13)6-15-7-1-3-9(4-2-7)19(14,16)17/h1-5,15H,6H2,(H2,14,16,17). The van der Waals surface area contributed by atoms with Gasteiger partial charge in [0.05, 0.1) is 4.90 Å². The maximum absolute atomic E-state index is 11.1. The van der Waals surface area contributed by atoms with Crippen LogP contribution in [0.5, 0.6) is 0 Å². The van der Waals surface area contributed by atoms with Gasteiger partial charge in [-0.15, -0.1) is 11.3 Å². The Bertz CT molecular complexity index is 664. The van der Waals surface area contributed by atoms with Crippen LogP contribution in [0.25, 0.3) is 0 Å². The van der Waals surface area contributed by atoms with Crippen molar-refractivity contribution in [3.8, 4) is 0 Å². The lowest BCUT2D eigenvalue weighted by Crippen LogP contribution is -2.11. The number of halogens is 2. The van der Waals surface area contributed by atoms with E-state index >= 15 is 0 Å². The number of sulfonamides is 1. The molecule has 1 heterocycles. The first-order chi connectivity index (χ1) is 8.86. The van der Waals surface area contributed by atoms with Crippen molar-refractivity contribution in [1.82, 2.24) is 0 Å². The summed E-state index contributed by atoms with van der Waals surface area (Å²) in [6, 6.07) is 8.22. The highest BCUT2D eigenvalue weighted by Crippen LogP contribution is 2.32. The average molecular weight is 382 g/mol. The van der Waals surface area contributed by atoms with Crippen LogP contribution in [0.1, 0.15) is 4.88 Å². The van der Waals surface area contributed by atoms with Crippen LogP contribution in [-0.4, -0.2) is 8.42 Å². The molecule has 19 heavy (non-hydrogen) atoms. The number of nitrogens with two attached hydrogens (primary N) is 1. The monoisotopic (exact) mass is 380 g/mol. The maximum atomic E-state index is 11.1. The molecule has 1 aromatic carbocycles. The Balaban J connectivity index is 2.04. The summed E-state index contributed by atoms with van der Waals surface area (Å²) in [5.74, 6) is 0. The second-order valence-electron chi connectivity index (χ2n) is 3.76. The van der Waals surface area contributed by atoms with Gasteiger partial charge in [0.15, 0.2) is 0 Å². The summed E-state index contributed by atoms with van der Waals surface area (Å²) in [5.41, 5.74) is 0.813. The van der Waals surface area contributed by atoms with Gasteiger partial charge >= 0.3 is 0 Å². The van der Waals surface area contributed by atoms with Gasteiger partial charge in [0.25, 0.3) is 0 Å². The molecule has 102 valence electrons. The average Bonchev–Trinajstić information content (AvgIpc) is 2.66. The number of benzene rings is 1. The molecule has 2 rings (SSSR count). The van der Waals surface area contributed by atoms with Gasteiger partial charge in [0, 0.05) is 21.6 Å². The Hall–Kier alpha value is -0.600. The SMILES string of the molecule is NS(=O)(=O)c1ccc(NCc2cc(Br)c(Cl)s2)cc1. The number of anilines is 1. The van der Waals surface area contributed by atoms with Crippen LogP contribution < -0.4 is 10.5 Å². The van der Waals surface area contributed by atoms with Gasteiger partial charge in [-0.3, -0.25) is 0 Å². The van der Waals surface area contributed by atoms with Crippen molar-refractivity contribution in [3.05, 3.63) is 44.0 Å². The van der Waals surface area contributed by atoms with E-state index in [4.69, 9.17) is 16.7 Å². The molecule has 2 aromatic rings. The van der Waals surface area contributed by atoms with Crippen LogP contribution in [0.2, 0.25) is 4.34 Å². The summed E-state index contributed by atoms with van der Waals surface area (Å²) < 4.78 is 23.8. The fourth-order valence-corrected chi connectivity index (χ4v) is 3.68. The van der Waals surface area contributed by atoms with E-state index in [0.29, 0.717) is 10.9 Å². The summed E-state index contributed by atoms with van der Waals surface area (Å²) in [6.45, 7) is 0.616. The minimum absolute atomic E-state index is 0.0972. The molecule has 0 aliphatic heterocycles. The minimum atomic E-state index is -3.64. The number of primary sulfonamides is 1. The van der Waals surface area contributed by atoms with Gasteiger partial charge < -0.3 is 5.32 Å². The fraction of sp³-hybridized carbons (Fsp3) is 0.0909. The maximum Gasteiger partial charge on any atom is 0.238 e. The molecule has 0 spiro atoms. The van der Waals surface area contributed by atoms with Crippen molar-refractivity contribution in [2.45, 2.75) is 11.4 Å². The summed E-state index contributed by atoms with van der Waals surface area (Å²) in [5, 5.41) is 8.20. The zero-order valence-electron chi connectivity index (χ0n) is 9.56. The zero-order chi connectivity index (χ0) is 14.0. The second kappa shape index (κ2) is 5.80. The van der Waals surface area contributed by atoms with Gasteiger partial charge in [-0.25, -0.2) is 13.6 Å². The lowest BCUT2D eigenvalue weighted by molar-refractivity contribution is 0.598. The Morgan fingerprint density at radius 1 is 1.32 bits per heavy atom. The summed E-state index contributed by atoms with van der Waals surface area (Å²) in [7, 11) is -3.64. The molecule has 0 saturated heterocycles. The molecule has 0 atom stereocenters. The molecule has 0 fully saturated rings. The lowest BCUT2D eigenvalue weighted by atomic mass is 10.3. The summed E-state index contributed by atoms with van der Waals surface area (Å²) in [4.78, 5) is 1.17. The Morgan fingerprint density at radius 3 is 2.42 bits per heavy atom. The van der Waals surface area contributed by atoms with Gasteiger partial charge in [0.1, 0.15) is 4.34 Å². The molecule has 0 saturated carbocycles. The second-order valence-corrected chi connectivity index (χ2v) is 7.91. The lowest BCUT2D eigenvalue weighted by Gasteiger charge is -2.05. The first-order valence-corrected chi connectivity index (χ1v) is 8.70. The molecule has 1 aromatic heterocycles. The van der Waals surface area contributed by atoms with Crippen molar-refractivity contribution < 1.29 is 8.42 Å². The Morgan fingerprint density at radius 2 is 1.95 bits per heavy atom. The molecule has 4 nitrogen and oxygen atoms in total. The third kappa shape index (κ3) is 3.93. The third-order valence-electron chi connectivity index (χ3n) is 2.35. The van der Waals surface area contributed by atoms with Crippen LogP contribution in [0.4, 0.5) is 5.69 Å². The van der Waals surface area contributed by atoms with E-state index in [1.54, 1.807) is 12.1 Å². The highest BCUT2D eigenvalue weighted by atomic mass is 79.9. The van der Waals surface area contributed by atoms with E-state index in [1.807, 2.05) is 6.07 Å². The highest BCUT2D eigenvalue weighted by Gasteiger charge is 2.07. The number of nitrogens with one attached hydrogen (secondary N) is 1. The van der Waals surface area contributed by atoms with Gasteiger partial charge in [-0.2, -0.15) is 0 Å². The quantitative estimate of drug-likeness (QED) is 0.852. The highest BCUT2D eigenvalue weighted by molar-refractivity contribution is 9.10. The topological polar surface area (TPSA) is 72.2 Å². The third-order valence-corrected chi connectivity index (χ3v) is 5.75. The number of thiophene rings is 1. The number of hydrogen-bond acceptors (Lipinski definition) is 4. The van der Waals surface area contributed by atoms with E-state index < -0.39 is 10.0 Å². The molecule has 0 aliphatic rings. The number of rotatable bonds is 4. The molecule has 0 aliphatic carbocycles. The van der Waals surface area contributed by atoms with Crippen molar-refractivity contribution in [2.24, 2.45) is 5.14 Å². The Labute approximate surface area is 128 Å². The van der Waals surface area contributed by atoms with E-state index in [-0.39, 0.29) is 4.90 Å². The summed E-state index contributed by atoms with van der Waals surface area (Å²) >= 11 is 10.8. The van der Waals surface area contributed by atoms with E-state index in [0.717, 1.165) is 15.0 Å². The first-order valence-electron chi connectivity index (χ1n) is 5.17. The molecule has 0 bridgehead atoms. The van der Waals surface area contributed by atoms with Crippen LogP contribution in [0, 0.1) is 0 Å². The van der Waals surface area contributed by atoms with Crippen LogP contribution in [-0.2, 0) is 16.6 Å². The van der Waals surface area contributed by atoms with Gasteiger partial charge in [0.2, 0.25) is 10.0 Å². The van der Waals surface area contributed by atoms with E-state index in [1.165, 1.54) is 23.5 Å². The van der Waals surface area contributed by atoms with E-state index in [2.05, 4.69) is 21.2 Å². The number of hydrogen-bond donors (Lipinski definition) is 2. The summed E-state index contributed by atoms with van der Waals surface area (Å²) in [6.07, 6.45) is 0. The van der Waals surface area contributed by atoms with Crippen molar-refractivity contribution in [3.63, 3.8) is 0 Å². The fourth-order valence-electron chi connectivity index (χ4n) is 1.43. The molecule has 0 radical (unpaired) electrons. The Kier molecular flexibility index (Phi) is 4.52. The molecular weight excluding hydrogens is 372 g/mol. The van der Waals surface area contributed by atoms with E-state index in [9.17, 15) is 8.42 Å². The van der Waals surface area contributed by atoms with Crippen molar-refractivity contribution >= 4 is 54.6 Å². The smallest absolute Gasteiger partial charge is 0.238 e. The zero-order valence-corrected chi connectivity index (χ0v) is 13.5. The van der Waals surface area contributed by atoms with Gasteiger partial charge in [-0.05, 0) is 46.3 Å². The predicted octanol–water partition coefficient (Wildman–Crippen LogP) is 3.42. The van der Waals surface area contributed by atoms with Gasteiger partial charge in [-0.1, -0.05) is 11.6 Å². The van der Waals surface area contributed by atoms with Crippen LogP contribution >= 0.6 is 38.9 Å². The largest absolute Gasteiger partial charge is 0.380 e. The van der Waals surface area contributed by atoms with Crippen molar-refractivity contribution in [1.29, 1.82) is 0 Å². The van der Waals surface area contributed by atoms with Crippen molar-refractivity contribution in [2.75, 3.05) is 5.32 Å². The minimum Gasteiger partial charge on any atom is -0.380 e. The molecule has 0 unspecified atom stereocenters. The molecule has 8 heteroatoms. The predicted molar refractivity (Wildman–Crippen MR) is 82.2 cm³/mol. The molecular formula is C11H10BrClN2O2S2. The van der Waals surface area contributed by atoms with Crippen LogP contribution in [0.15, 0.2) is 39.7 Å². The molecule has 0 amide bonds. The van der Waals surface area contributed by atoms with Crippen LogP contribution in [0.3, 0.4) is 0 Å².